The van der Waals surface area contributed by atoms with Crippen molar-refractivity contribution in [2.45, 2.75) is 24.2 Å². The molecule has 0 atom stereocenters. The van der Waals surface area contributed by atoms with Crippen LogP contribution in [0.2, 0.25) is 0 Å². The molecule has 10 heteroatoms. The molecule has 0 radical (unpaired) electrons. The summed E-state index contributed by atoms with van der Waals surface area (Å²) in [5.41, 5.74) is 1.05. The minimum atomic E-state index is -3.81. The zero-order chi connectivity index (χ0) is 23.2. The molecular weight excluding hydrogens is 455 g/mol. The van der Waals surface area contributed by atoms with E-state index in [9.17, 15) is 26.0 Å². The van der Waals surface area contributed by atoms with E-state index >= 15 is 0 Å². The molecular formula is C22H27FN2O5S2. The van der Waals surface area contributed by atoms with Crippen LogP contribution in [0.5, 0.6) is 0 Å². The van der Waals surface area contributed by atoms with Gasteiger partial charge in [-0.3, -0.25) is 4.79 Å². The van der Waals surface area contributed by atoms with Crippen molar-refractivity contribution in [1.29, 1.82) is 0 Å². The second-order valence-corrected chi connectivity index (χ2v) is 11.9. The fraction of sp³-hybridized carbons (Fsp3) is 0.409. The molecule has 1 amide bonds. The Balaban J connectivity index is 1.54. The number of halogens is 1. The first-order chi connectivity index (χ1) is 15.2. The molecule has 0 bridgehead atoms. The van der Waals surface area contributed by atoms with E-state index in [0.717, 1.165) is 17.7 Å². The van der Waals surface area contributed by atoms with E-state index in [1.165, 1.54) is 21.3 Å². The van der Waals surface area contributed by atoms with Crippen LogP contribution in [-0.2, 0) is 31.1 Å². The Bertz CT molecular complexity index is 1120. The Kier molecular flexibility index (Phi) is 8.02. The van der Waals surface area contributed by atoms with E-state index in [0.29, 0.717) is 19.3 Å². The maximum Gasteiger partial charge on any atom is 0.243 e. The zero-order valence-electron chi connectivity index (χ0n) is 17.7. The topological polar surface area (TPSA) is 91.8 Å². The van der Waals surface area contributed by atoms with Gasteiger partial charge in [0.05, 0.1) is 10.6 Å². The normalized spacial score (nSPS) is 16.0. The molecule has 32 heavy (non-hydrogen) atoms. The van der Waals surface area contributed by atoms with E-state index in [4.69, 9.17) is 0 Å². The average molecular weight is 483 g/mol. The number of hydrogen-bond acceptors (Lipinski definition) is 5. The fourth-order valence-corrected chi connectivity index (χ4v) is 6.39. The van der Waals surface area contributed by atoms with Gasteiger partial charge in [-0.05, 0) is 49.1 Å². The summed E-state index contributed by atoms with van der Waals surface area (Å²) < 4.78 is 64.8. The van der Waals surface area contributed by atoms with Crippen molar-refractivity contribution in [1.82, 2.24) is 9.21 Å². The Morgan fingerprint density at radius 2 is 1.56 bits per heavy atom. The number of nitrogens with zero attached hydrogens (tertiary/aromatic N) is 2. The molecule has 0 aliphatic carbocycles. The van der Waals surface area contributed by atoms with E-state index < -0.39 is 37.3 Å². The zero-order valence-corrected chi connectivity index (χ0v) is 19.3. The first-order valence-electron chi connectivity index (χ1n) is 10.5. The molecule has 3 rings (SSSR count). The number of benzene rings is 2. The van der Waals surface area contributed by atoms with Crippen LogP contribution in [0.4, 0.5) is 4.39 Å². The molecule has 7 nitrogen and oxygen atoms in total. The smallest absolute Gasteiger partial charge is 0.243 e. The number of aryl methyl sites for hydroxylation is 1. The van der Waals surface area contributed by atoms with Crippen molar-refractivity contribution < 1.29 is 26.0 Å². The first kappa shape index (κ1) is 24.3. The third kappa shape index (κ3) is 6.60. The van der Waals surface area contributed by atoms with Crippen molar-refractivity contribution in [3.63, 3.8) is 0 Å². The minimum Gasteiger partial charge on any atom is -0.340 e. The number of sulfonamides is 1. The molecule has 2 aromatic rings. The number of carbonyl (C=O) groups excluding carboxylic acids is 1. The van der Waals surface area contributed by atoms with Gasteiger partial charge in [0.2, 0.25) is 15.9 Å². The average Bonchev–Trinajstić information content (AvgIpc) is 3.01. The lowest BCUT2D eigenvalue weighted by Crippen LogP contribution is -2.40. The van der Waals surface area contributed by atoms with E-state index in [1.807, 2.05) is 30.3 Å². The summed E-state index contributed by atoms with van der Waals surface area (Å²) in [5, 5.41) is 0. The Labute approximate surface area is 188 Å². The van der Waals surface area contributed by atoms with Crippen LogP contribution >= 0.6 is 0 Å². The van der Waals surface area contributed by atoms with Crippen LogP contribution in [0.15, 0.2) is 59.5 Å². The van der Waals surface area contributed by atoms with Gasteiger partial charge in [0.25, 0.3) is 0 Å². The Morgan fingerprint density at radius 3 is 2.25 bits per heavy atom. The highest BCUT2D eigenvalue weighted by Gasteiger charge is 2.29. The van der Waals surface area contributed by atoms with Crippen molar-refractivity contribution in [2.75, 3.05) is 37.7 Å². The summed E-state index contributed by atoms with van der Waals surface area (Å²) in [7, 11) is -7.37. The second kappa shape index (κ2) is 10.5. The molecule has 0 N–H and O–H groups in total. The Hall–Kier alpha value is -2.30. The van der Waals surface area contributed by atoms with Gasteiger partial charge in [-0.25, -0.2) is 21.2 Å². The standard InChI is InChI=1S/C22H27FN2O5S2/c23-20-9-11-21(12-10-20)32(29,30)25-14-5-13-24(15-16-25)22(26)18-31(27,28)17-4-8-19-6-2-1-3-7-19/h1-3,6-7,9-12H,4-5,8,13-18H2. The van der Waals surface area contributed by atoms with Crippen LogP contribution in [0, 0.1) is 5.82 Å². The summed E-state index contributed by atoms with van der Waals surface area (Å²) in [6.07, 6.45) is 1.44. The molecule has 0 saturated carbocycles. The molecule has 1 saturated heterocycles. The van der Waals surface area contributed by atoms with Gasteiger partial charge >= 0.3 is 0 Å². The van der Waals surface area contributed by atoms with Gasteiger partial charge in [0, 0.05) is 26.2 Å². The molecule has 1 aliphatic heterocycles. The lowest BCUT2D eigenvalue weighted by molar-refractivity contribution is -0.128. The third-order valence-corrected chi connectivity index (χ3v) is 8.88. The molecule has 0 aromatic heterocycles. The number of rotatable bonds is 8. The first-order valence-corrected chi connectivity index (χ1v) is 13.7. The number of sulfone groups is 1. The quantitative estimate of drug-likeness (QED) is 0.575. The summed E-state index contributed by atoms with van der Waals surface area (Å²) in [6, 6.07) is 14.1. The van der Waals surface area contributed by atoms with Crippen molar-refractivity contribution in [2.24, 2.45) is 0 Å². The maximum absolute atomic E-state index is 13.1. The van der Waals surface area contributed by atoms with Gasteiger partial charge in [-0.1, -0.05) is 30.3 Å². The lowest BCUT2D eigenvalue weighted by atomic mass is 10.1. The van der Waals surface area contributed by atoms with Gasteiger partial charge in [-0.15, -0.1) is 0 Å². The SMILES string of the molecule is O=C(CS(=O)(=O)CCCc1ccccc1)N1CCCN(S(=O)(=O)c2ccc(F)cc2)CC1. The van der Waals surface area contributed by atoms with Gasteiger partial charge in [0.1, 0.15) is 11.6 Å². The predicted octanol–water partition coefficient (Wildman–Crippen LogP) is 2.10. The van der Waals surface area contributed by atoms with Crippen LogP contribution in [0.25, 0.3) is 0 Å². The third-order valence-electron chi connectivity index (χ3n) is 5.37. The van der Waals surface area contributed by atoms with Crippen LogP contribution in [-0.4, -0.2) is 69.6 Å². The van der Waals surface area contributed by atoms with Crippen LogP contribution in [0.3, 0.4) is 0 Å². The molecule has 174 valence electrons. The molecule has 2 aromatic carbocycles. The number of carbonyl (C=O) groups is 1. The Morgan fingerprint density at radius 1 is 0.875 bits per heavy atom. The van der Waals surface area contributed by atoms with Crippen molar-refractivity contribution >= 4 is 25.8 Å². The highest BCUT2D eigenvalue weighted by molar-refractivity contribution is 7.92. The summed E-state index contributed by atoms with van der Waals surface area (Å²) in [6.45, 7) is 0.652. The number of hydrogen-bond donors (Lipinski definition) is 0. The second-order valence-electron chi connectivity index (χ2n) is 7.77. The lowest BCUT2D eigenvalue weighted by Gasteiger charge is -2.22. The van der Waals surface area contributed by atoms with E-state index in [1.54, 1.807) is 0 Å². The van der Waals surface area contributed by atoms with E-state index in [2.05, 4.69) is 0 Å². The minimum absolute atomic E-state index is 0.0142. The highest BCUT2D eigenvalue weighted by Crippen LogP contribution is 2.18. The van der Waals surface area contributed by atoms with Crippen LogP contribution in [0.1, 0.15) is 18.4 Å². The highest BCUT2D eigenvalue weighted by atomic mass is 32.2. The molecule has 1 fully saturated rings. The van der Waals surface area contributed by atoms with Crippen LogP contribution < -0.4 is 0 Å². The predicted molar refractivity (Wildman–Crippen MR) is 120 cm³/mol. The van der Waals surface area contributed by atoms with Gasteiger partial charge in [0.15, 0.2) is 9.84 Å². The number of amides is 1. The molecule has 0 spiro atoms. The summed E-state index contributed by atoms with van der Waals surface area (Å²) in [5.74, 6) is -1.69. The summed E-state index contributed by atoms with van der Waals surface area (Å²) >= 11 is 0. The van der Waals surface area contributed by atoms with E-state index in [-0.39, 0.29) is 36.8 Å². The molecule has 1 aliphatic rings. The van der Waals surface area contributed by atoms with Crippen molar-refractivity contribution in [3.8, 4) is 0 Å². The molecule has 1 heterocycles. The van der Waals surface area contributed by atoms with Gasteiger partial charge in [-0.2, -0.15) is 4.31 Å². The monoisotopic (exact) mass is 482 g/mol. The molecule has 0 unspecified atom stereocenters. The van der Waals surface area contributed by atoms with Crippen molar-refractivity contribution in [3.05, 3.63) is 66.0 Å². The summed E-state index contributed by atoms with van der Waals surface area (Å²) in [4.78, 5) is 14.0. The largest absolute Gasteiger partial charge is 0.340 e. The fourth-order valence-electron chi connectivity index (χ4n) is 3.63. The maximum atomic E-state index is 13.1. The van der Waals surface area contributed by atoms with Gasteiger partial charge < -0.3 is 4.90 Å².